The normalized spacial score (nSPS) is 22.7. The summed E-state index contributed by atoms with van der Waals surface area (Å²) in [6, 6.07) is 0. The van der Waals surface area contributed by atoms with Crippen molar-refractivity contribution in [1.82, 2.24) is 5.32 Å². The first kappa shape index (κ1) is 14.7. The Labute approximate surface area is 107 Å². The summed E-state index contributed by atoms with van der Waals surface area (Å²) in [6.07, 6.45) is 4.64. The highest BCUT2D eigenvalue weighted by Crippen LogP contribution is 2.31. The number of carboxylic acids is 1. The predicted molar refractivity (Wildman–Crippen MR) is 67.1 cm³/mol. The highest BCUT2D eigenvalue weighted by molar-refractivity contribution is 5.85. The summed E-state index contributed by atoms with van der Waals surface area (Å²) in [4.78, 5) is 22.8. The van der Waals surface area contributed by atoms with Crippen molar-refractivity contribution in [2.75, 3.05) is 19.8 Å². The van der Waals surface area contributed by atoms with Gasteiger partial charge in [-0.2, -0.15) is 0 Å². The summed E-state index contributed by atoms with van der Waals surface area (Å²) in [5.74, 6) is -1.93. The van der Waals surface area contributed by atoms with Gasteiger partial charge in [-0.3, -0.25) is 9.59 Å². The van der Waals surface area contributed by atoms with Crippen molar-refractivity contribution < 1.29 is 19.4 Å². The lowest BCUT2D eigenvalue weighted by atomic mass is 9.95. The van der Waals surface area contributed by atoms with Crippen LogP contribution in [0.25, 0.3) is 0 Å². The van der Waals surface area contributed by atoms with E-state index in [1.807, 2.05) is 0 Å². The topological polar surface area (TPSA) is 75.6 Å². The van der Waals surface area contributed by atoms with Crippen LogP contribution in [0.4, 0.5) is 0 Å². The van der Waals surface area contributed by atoms with Crippen LogP contribution in [0.3, 0.4) is 0 Å². The van der Waals surface area contributed by atoms with E-state index in [9.17, 15) is 9.59 Å². The second-order valence-electron chi connectivity index (χ2n) is 4.46. The number of hydrogen-bond donors (Lipinski definition) is 2. The largest absolute Gasteiger partial charge is 0.481 e. The van der Waals surface area contributed by atoms with Gasteiger partial charge in [-0.05, 0) is 19.3 Å². The summed E-state index contributed by atoms with van der Waals surface area (Å²) < 4.78 is 5.26. The van der Waals surface area contributed by atoms with Crippen molar-refractivity contribution in [2.45, 2.75) is 25.7 Å². The number of carbonyl (C=O) groups excluding carboxylic acids is 1. The van der Waals surface area contributed by atoms with Gasteiger partial charge in [-0.1, -0.05) is 12.5 Å². The molecule has 1 aliphatic rings. The average Bonchev–Trinajstić information content (AvgIpc) is 2.82. The third-order valence-electron chi connectivity index (χ3n) is 3.18. The first-order valence-corrected chi connectivity index (χ1v) is 6.36. The summed E-state index contributed by atoms with van der Waals surface area (Å²) in [7, 11) is 0. The molecule has 18 heavy (non-hydrogen) atoms. The van der Waals surface area contributed by atoms with Crippen LogP contribution in [0.2, 0.25) is 0 Å². The Morgan fingerprint density at radius 3 is 2.72 bits per heavy atom. The first-order chi connectivity index (χ1) is 8.66. The van der Waals surface area contributed by atoms with Crippen molar-refractivity contribution in [1.29, 1.82) is 0 Å². The van der Waals surface area contributed by atoms with Crippen molar-refractivity contribution in [3.63, 3.8) is 0 Å². The molecule has 0 aromatic carbocycles. The smallest absolute Gasteiger partial charge is 0.307 e. The minimum atomic E-state index is -0.866. The van der Waals surface area contributed by atoms with Gasteiger partial charge in [0.05, 0.1) is 25.0 Å². The lowest BCUT2D eigenvalue weighted by Gasteiger charge is -2.15. The number of amides is 1. The predicted octanol–water partition coefficient (Wildman–Crippen LogP) is 1.20. The molecule has 102 valence electrons. The molecule has 1 aliphatic carbocycles. The molecule has 0 radical (unpaired) electrons. The molecule has 0 heterocycles. The van der Waals surface area contributed by atoms with E-state index >= 15 is 0 Å². The Bertz CT molecular complexity index is 303. The third kappa shape index (κ3) is 4.49. The number of hydrogen-bond acceptors (Lipinski definition) is 3. The zero-order valence-corrected chi connectivity index (χ0v) is 10.6. The zero-order chi connectivity index (χ0) is 13.4. The minimum Gasteiger partial charge on any atom is -0.481 e. The molecule has 0 saturated heterocycles. The standard InChI is InChI=1S/C13H21NO4/c1-2-3-8-18-9-7-14-12(15)10-5-4-6-11(10)13(16)17/h2,10-11H,1,3-9H2,(H,14,15)(H,16,17). The molecule has 2 N–H and O–H groups in total. The summed E-state index contributed by atoms with van der Waals surface area (Å²) in [5, 5.41) is 11.7. The average molecular weight is 255 g/mol. The minimum absolute atomic E-state index is 0.160. The maximum absolute atomic E-state index is 11.8. The van der Waals surface area contributed by atoms with Crippen LogP contribution < -0.4 is 5.32 Å². The quantitative estimate of drug-likeness (QED) is 0.504. The fraction of sp³-hybridized carbons (Fsp3) is 0.692. The second kappa shape index (κ2) is 7.87. The number of aliphatic carboxylic acids is 1. The Morgan fingerprint density at radius 2 is 2.06 bits per heavy atom. The van der Waals surface area contributed by atoms with E-state index in [4.69, 9.17) is 9.84 Å². The number of carboxylic acid groups (broad SMARTS) is 1. The third-order valence-corrected chi connectivity index (χ3v) is 3.18. The molecule has 0 aromatic heterocycles. The molecule has 1 amide bonds. The summed E-state index contributed by atoms with van der Waals surface area (Å²) in [5.41, 5.74) is 0. The summed E-state index contributed by atoms with van der Waals surface area (Å²) in [6.45, 7) is 5.05. The van der Waals surface area contributed by atoms with Gasteiger partial charge in [0.2, 0.25) is 5.91 Å². The van der Waals surface area contributed by atoms with Crippen molar-refractivity contribution >= 4 is 11.9 Å². The van der Waals surface area contributed by atoms with E-state index in [-0.39, 0.29) is 11.8 Å². The summed E-state index contributed by atoms with van der Waals surface area (Å²) >= 11 is 0. The Hall–Kier alpha value is -1.36. The van der Waals surface area contributed by atoms with Crippen LogP contribution in [0.1, 0.15) is 25.7 Å². The zero-order valence-electron chi connectivity index (χ0n) is 10.6. The molecular weight excluding hydrogens is 234 g/mol. The van der Waals surface area contributed by atoms with Crippen LogP contribution in [-0.4, -0.2) is 36.7 Å². The van der Waals surface area contributed by atoms with Gasteiger partial charge in [-0.25, -0.2) is 0 Å². The van der Waals surface area contributed by atoms with Crippen LogP contribution >= 0.6 is 0 Å². The lowest BCUT2D eigenvalue weighted by molar-refractivity contribution is -0.146. The molecule has 1 fully saturated rings. The maximum Gasteiger partial charge on any atom is 0.307 e. The Morgan fingerprint density at radius 1 is 1.33 bits per heavy atom. The van der Waals surface area contributed by atoms with Crippen molar-refractivity contribution in [2.24, 2.45) is 11.8 Å². The van der Waals surface area contributed by atoms with Crippen molar-refractivity contribution in [3.05, 3.63) is 12.7 Å². The van der Waals surface area contributed by atoms with E-state index in [1.165, 1.54) is 0 Å². The van der Waals surface area contributed by atoms with Gasteiger partial charge in [0.25, 0.3) is 0 Å². The molecule has 2 unspecified atom stereocenters. The SMILES string of the molecule is C=CCCOCCNC(=O)C1CCCC1C(=O)O. The number of ether oxygens (including phenoxy) is 1. The number of carbonyl (C=O) groups is 2. The number of rotatable bonds is 8. The molecule has 5 nitrogen and oxygen atoms in total. The highest BCUT2D eigenvalue weighted by Gasteiger charge is 2.37. The van der Waals surface area contributed by atoms with E-state index in [0.29, 0.717) is 32.6 Å². The highest BCUT2D eigenvalue weighted by atomic mass is 16.5. The van der Waals surface area contributed by atoms with E-state index in [2.05, 4.69) is 11.9 Å². The van der Waals surface area contributed by atoms with Gasteiger partial charge < -0.3 is 15.2 Å². The van der Waals surface area contributed by atoms with Gasteiger partial charge in [-0.15, -0.1) is 6.58 Å². The first-order valence-electron chi connectivity index (χ1n) is 6.36. The Kier molecular flexibility index (Phi) is 6.43. The van der Waals surface area contributed by atoms with Gasteiger partial charge in [0, 0.05) is 6.54 Å². The Balaban J connectivity index is 2.20. The van der Waals surface area contributed by atoms with E-state index in [1.54, 1.807) is 6.08 Å². The fourth-order valence-corrected chi connectivity index (χ4v) is 2.22. The molecule has 1 rings (SSSR count). The molecule has 0 spiro atoms. The maximum atomic E-state index is 11.8. The number of nitrogens with one attached hydrogen (secondary N) is 1. The molecule has 1 saturated carbocycles. The van der Waals surface area contributed by atoms with Gasteiger partial charge in [0.1, 0.15) is 0 Å². The lowest BCUT2D eigenvalue weighted by Crippen LogP contribution is -2.36. The van der Waals surface area contributed by atoms with Gasteiger partial charge in [0.15, 0.2) is 0 Å². The van der Waals surface area contributed by atoms with E-state index < -0.39 is 11.9 Å². The van der Waals surface area contributed by atoms with Gasteiger partial charge >= 0.3 is 5.97 Å². The monoisotopic (exact) mass is 255 g/mol. The molecule has 0 aliphatic heterocycles. The van der Waals surface area contributed by atoms with Crippen LogP contribution in [0.5, 0.6) is 0 Å². The van der Waals surface area contributed by atoms with E-state index in [0.717, 1.165) is 12.8 Å². The second-order valence-corrected chi connectivity index (χ2v) is 4.46. The molecule has 2 atom stereocenters. The fourth-order valence-electron chi connectivity index (χ4n) is 2.22. The van der Waals surface area contributed by atoms with Crippen LogP contribution in [0, 0.1) is 11.8 Å². The van der Waals surface area contributed by atoms with Crippen molar-refractivity contribution in [3.8, 4) is 0 Å². The van der Waals surface area contributed by atoms with Crippen LogP contribution in [-0.2, 0) is 14.3 Å². The molecular formula is C13H21NO4. The molecule has 0 aromatic rings. The molecule has 0 bridgehead atoms. The molecule has 5 heteroatoms. The van der Waals surface area contributed by atoms with Crippen LogP contribution in [0.15, 0.2) is 12.7 Å².